The molecule has 1 aromatic carbocycles. The molecule has 0 heterocycles. The van der Waals surface area contributed by atoms with Crippen LogP contribution in [0.2, 0.25) is 0 Å². The molecule has 1 aliphatic rings. The molecule has 0 saturated heterocycles. The maximum Gasteiger partial charge on any atom is 0.119 e. The van der Waals surface area contributed by atoms with Gasteiger partial charge in [-0.25, -0.2) is 0 Å². The van der Waals surface area contributed by atoms with Crippen molar-refractivity contribution in [3.05, 3.63) is 29.8 Å². The molecule has 3 unspecified atom stereocenters. The van der Waals surface area contributed by atoms with Crippen LogP contribution in [0.1, 0.15) is 50.7 Å². The van der Waals surface area contributed by atoms with Gasteiger partial charge in [-0.3, -0.25) is 0 Å². The Labute approximate surface area is 122 Å². The molecule has 1 aliphatic carbocycles. The van der Waals surface area contributed by atoms with Gasteiger partial charge in [0.05, 0.1) is 12.7 Å². The number of rotatable bonds is 7. The Balaban J connectivity index is 1.79. The third-order valence-electron chi connectivity index (χ3n) is 4.28. The van der Waals surface area contributed by atoms with Crippen LogP contribution < -0.4 is 10.5 Å². The van der Waals surface area contributed by atoms with Gasteiger partial charge in [-0.05, 0) is 55.3 Å². The molecule has 112 valence electrons. The zero-order valence-corrected chi connectivity index (χ0v) is 12.4. The molecule has 0 amide bonds. The predicted octanol–water partition coefficient (Wildman–Crippen LogP) is 3.27. The fourth-order valence-corrected chi connectivity index (χ4v) is 3.07. The van der Waals surface area contributed by atoms with E-state index in [2.05, 4.69) is 6.92 Å². The van der Waals surface area contributed by atoms with E-state index < -0.39 is 6.10 Å². The SMILES string of the molecule is CC1CCC(CCOc2cccc(C(O)CCN)c2)C1. The van der Waals surface area contributed by atoms with Crippen LogP contribution in [0.15, 0.2) is 24.3 Å². The number of hydrogen-bond donors (Lipinski definition) is 2. The van der Waals surface area contributed by atoms with Crippen LogP contribution >= 0.6 is 0 Å². The maximum atomic E-state index is 9.94. The van der Waals surface area contributed by atoms with E-state index in [0.717, 1.165) is 36.2 Å². The van der Waals surface area contributed by atoms with Gasteiger partial charge in [-0.15, -0.1) is 0 Å². The van der Waals surface area contributed by atoms with Crippen molar-refractivity contribution in [3.63, 3.8) is 0 Å². The molecule has 0 aromatic heterocycles. The molecule has 20 heavy (non-hydrogen) atoms. The van der Waals surface area contributed by atoms with E-state index in [9.17, 15) is 5.11 Å². The summed E-state index contributed by atoms with van der Waals surface area (Å²) in [6.45, 7) is 3.60. The number of hydrogen-bond acceptors (Lipinski definition) is 3. The molecular formula is C17H27NO2. The van der Waals surface area contributed by atoms with Crippen molar-refractivity contribution < 1.29 is 9.84 Å². The maximum absolute atomic E-state index is 9.94. The van der Waals surface area contributed by atoms with Crippen LogP contribution in [0.3, 0.4) is 0 Å². The molecule has 3 heteroatoms. The van der Waals surface area contributed by atoms with E-state index >= 15 is 0 Å². The van der Waals surface area contributed by atoms with Crippen molar-refractivity contribution in [2.75, 3.05) is 13.2 Å². The zero-order chi connectivity index (χ0) is 14.4. The molecule has 3 nitrogen and oxygen atoms in total. The highest BCUT2D eigenvalue weighted by molar-refractivity contribution is 5.29. The Morgan fingerprint density at radius 1 is 1.40 bits per heavy atom. The summed E-state index contributed by atoms with van der Waals surface area (Å²) in [5.74, 6) is 2.57. The first-order chi connectivity index (χ1) is 9.69. The number of nitrogens with two attached hydrogens (primary N) is 1. The number of aliphatic hydroxyl groups excluding tert-OH is 1. The van der Waals surface area contributed by atoms with Crippen LogP contribution in [0.5, 0.6) is 5.75 Å². The highest BCUT2D eigenvalue weighted by Crippen LogP contribution is 2.32. The van der Waals surface area contributed by atoms with Crippen LogP contribution in [0, 0.1) is 11.8 Å². The van der Waals surface area contributed by atoms with Crippen molar-refractivity contribution in [2.24, 2.45) is 17.6 Å². The van der Waals surface area contributed by atoms with E-state index in [0.29, 0.717) is 13.0 Å². The molecule has 0 spiro atoms. The standard InChI is InChI=1S/C17H27NO2/c1-13-5-6-14(11-13)8-10-20-16-4-2-3-15(12-16)17(19)7-9-18/h2-4,12-14,17,19H,5-11,18H2,1H3. The van der Waals surface area contributed by atoms with E-state index in [1.165, 1.54) is 19.3 Å². The first-order valence-electron chi connectivity index (χ1n) is 7.80. The number of aliphatic hydroxyl groups is 1. The minimum absolute atomic E-state index is 0.487. The Kier molecular flexibility index (Phi) is 5.86. The lowest BCUT2D eigenvalue weighted by Crippen LogP contribution is -2.07. The summed E-state index contributed by atoms with van der Waals surface area (Å²) in [6.07, 6.45) is 5.30. The second-order valence-corrected chi connectivity index (χ2v) is 6.09. The lowest BCUT2D eigenvalue weighted by Gasteiger charge is -2.13. The van der Waals surface area contributed by atoms with Crippen LogP contribution in [-0.2, 0) is 0 Å². The smallest absolute Gasteiger partial charge is 0.119 e. The predicted molar refractivity (Wildman–Crippen MR) is 81.7 cm³/mol. The average Bonchev–Trinajstić information content (AvgIpc) is 2.85. The van der Waals surface area contributed by atoms with Gasteiger partial charge in [0.1, 0.15) is 5.75 Å². The molecule has 1 aromatic rings. The molecular weight excluding hydrogens is 250 g/mol. The molecule has 2 rings (SSSR count). The summed E-state index contributed by atoms with van der Waals surface area (Å²) in [6, 6.07) is 7.74. The van der Waals surface area contributed by atoms with Crippen molar-refractivity contribution in [1.82, 2.24) is 0 Å². The summed E-state index contributed by atoms with van der Waals surface area (Å²) in [5.41, 5.74) is 6.37. The third-order valence-corrected chi connectivity index (χ3v) is 4.28. The van der Waals surface area contributed by atoms with Gasteiger partial charge >= 0.3 is 0 Å². The second kappa shape index (κ2) is 7.65. The van der Waals surface area contributed by atoms with E-state index in [1.807, 2.05) is 24.3 Å². The van der Waals surface area contributed by atoms with Crippen LogP contribution in [-0.4, -0.2) is 18.3 Å². The first-order valence-corrected chi connectivity index (χ1v) is 7.80. The number of benzene rings is 1. The topological polar surface area (TPSA) is 55.5 Å². The molecule has 1 fully saturated rings. The average molecular weight is 277 g/mol. The lowest BCUT2D eigenvalue weighted by atomic mass is 10.0. The van der Waals surface area contributed by atoms with Gasteiger partial charge in [0, 0.05) is 0 Å². The van der Waals surface area contributed by atoms with Crippen molar-refractivity contribution in [1.29, 1.82) is 0 Å². The van der Waals surface area contributed by atoms with E-state index in [-0.39, 0.29) is 0 Å². The second-order valence-electron chi connectivity index (χ2n) is 6.09. The van der Waals surface area contributed by atoms with Gasteiger partial charge in [-0.1, -0.05) is 31.9 Å². The molecule has 0 radical (unpaired) electrons. The minimum Gasteiger partial charge on any atom is -0.494 e. The van der Waals surface area contributed by atoms with Crippen molar-refractivity contribution in [3.8, 4) is 5.75 Å². The van der Waals surface area contributed by atoms with Crippen molar-refractivity contribution in [2.45, 2.75) is 45.1 Å². The van der Waals surface area contributed by atoms with E-state index in [1.54, 1.807) is 0 Å². The summed E-state index contributed by atoms with van der Waals surface area (Å²) >= 11 is 0. The summed E-state index contributed by atoms with van der Waals surface area (Å²) in [7, 11) is 0. The summed E-state index contributed by atoms with van der Waals surface area (Å²) in [4.78, 5) is 0. The Hall–Kier alpha value is -1.06. The fraction of sp³-hybridized carbons (Fsp3) is 0.647. The highest BCUT2D eigenvalue weighted by atomic mass is 16.5. The van der Waals surface area contributed by atoms with Gasteiger partial charge < -0.3 is 15.6 Å². The fourth-order valence-electron chi connectivity index (χ4n) is 3.07. The highest BCUT2D eigenvalue weighted by Gasteiger charge is 2.20. The Bertz CT molecular complexity index is 408. The van der Waals surface area contributed by atoms with Gasteiger partial charge in [0.2, 0.25) is 0 Å². The molecule has 0 bridgehead atoms. The van der Waals surface area contributed by atoms with Crippen LogP contribution in [0.25, 0.3) is 0 Å². The van der Waals surface area contributed by atoms with Crippen LogP contribution in [0.4, 0.5) is 0 Å². The Morgan fingerprint density at radius 3 is 2.95 bits per heavy atom. The normalized spacial score (nSPS) is 23.8. The molecule has 1 saturated carbocycles. The number of ether oxygens (including phenoxy) is 1. The molecule has 0 aliphatic heterocycles. The van der Waals surface area contributed by atoms with Gasteiger partial charge in [0.15, 0.2) is 0 Å². The monoisotopic (exact) mass is 277 g/mol. The zero-order valence-electron chi connectivity index (χ0n) is 12.4. The van der Waals surface area contributed by atoms with Crippen molar-refractivity contribution >= 4 is 0 Å². The molecule has 3 N–H and O–H groups in total. The minimum atomic E-state index is -0.487. The molecule has 3 atom stereocenters. The third kappa shape index (κ3) is 4.50. The largest absolute Gasteiger partial charge is 0.494 e. The van der Waals surface area contributed by atoms with Gasteiger partial charge in [-0.2, -0.15) is 0 Å². The van der Waals surface area contributed by atoms with Gasteiger partial charge in [0.25, 0.3) is 0 Å². The van der Waals surface area contributed by atoms with E-state index in [4.69, 9.17) is 10.5 Å². The first kappa shape index (κ1) is 15.3. The summed E-state index contributed by atoms with van der Waals surface area (Å²) in [5, 5.41) is 9.94. The summed E-state index contributed by atoms with van der Waals surface area (Å²) < 4.78 is 5.83. The Morgan fingerprint density at radius 2 is 2.25 bits per heavy atom. The quantitative estimate of drug-likeness (QED) is 0.804. The lowest BCUT2D eigenvalue weighted by molar-refractivity contribution is 0.169.